The largest absolute Gasteiger partial charge is 0.508 e. The van der Waals surface area contributed by atoms with E-state index in [1.807, 2.05) is 20.8 Å². The maximum Gasteiger partial charge on any atom is 0.329 e. The molecule has 2 aliphatic heterocycles. The molecule has 0 spiro atoms. The van der Waals surface area contributed by atoms with Crippen LogP contribution in [0.1, 0.15) is 124 Å². The molecule has 21 nitrogen and oxygen atoms in total. The number of aliphatic hydroxyl groups is 1. The molecule has 2 bridgehead atoms. The topological polar surface area (TPSA) is 316 Å². The van der Waals surface area contributed by atoms with E-state index < -0.39 is 120 Å². The van der Waals surface area contributed by atoms with E-state index in [0.717, 1.165) is 22.6 Å². The number of benzene rings is 1. The monoisotopic (exact) mass is 959 g/mol. The van der Waals surface area contributed by atoms with Crippen LogP contribution in [-0.2, 0) is 54.3 Å². The molecule has 1 aromatic rings. The predicted octanol–water partition coefficient (Wildman–Crippen LogP) is 0.717. The third-order valence-corrected chi connectivity index (χ3v) is 12.2. The SMILES string of the molecule is CCCCCC(=O)N[C@@H](CCC(=O)O)C(=O)N[C@H]1C(=O)N[C@@H](CCCCN)C(=O)NC2CCC(O)N(C2=O)[C@@H](CC(C)C)C(=O)N(C)C(Cc2ccc(O)cc2)C(=O)N[C@@H](C(C)C)C(=O)O[C@H]1C. The van der Waals surface area contributed by atoms with E-state index in [9.17, 15) is 58.5 Å². The van der Waals surface area contributed by atoms with E-state index >= 15 is 0 Å². The number of nitrogens with two attached hydrogens (primary N) is 1. The van der Waals surface area contributed by atoms with Crippen LogP contribution in [0.3, 0.4) is 0 Å². The van der Waals surface area contributed by atoms with Crippen molar-refractivity contribution in [2.75, 3.05) is 13.6 Å². The van der Waals surface area contributed by atoms with E-state index in [1.54, 1.807) is 26.0 Å². The highest BCUT2D eigenvalue weighted by atomic mass is 16.5. The van der Waals surface area contributed by atoms with Gasteiger partial charge in [0.05, 0.1) is 0 Å². The number of phenols is 1. The van der Waals surface area contributed by atoms with Gasteiger partial charge in [-0.2, -0.15) is 0 Å². The van der Waals surface area contributed by atoms with E-state index in [0.29, 0.717) is 24.8 Å². The molecule has 380 valence electrons. The van der Waals surface area contributed by atoms with Gasteiger partial charge in [-0.05, 0) is 94.4 Å². The Balaban J connectivity index is 2.22. The number of carbonyl (C=O) groups excluding carboxylic acids is 8. The number of aromatic hydroxyl groups is 1. The zero-order valence-corrected chi connectivity index (χ0v) is 40.5. The lowest BCUT2D eigenvalue weighted by Crippen LogP contribution is -2.65. The molecule has 2 heterocycles. The number of piperidine rings is 1. The molecular formula is C47H74N8O13. The predicted molar refractivity (Wildman–Crippen MR) is 248 cm³/mol. The molecule has 7 amide bonds. The van der Waals surface area contributed by atoms with Crippen molar-refractivity contribution >= 4 is 53.3 Å². The summed E-state index contributed by atoms with van der Waals surface area (Å²) in [6.07, 6.45) is -1.24. The van der Waals surface area contributed by atoms with Crippen LogP contribution in [0, 0.1) is 11.8 Å². The number of ether oxygens (including phenoxy) is 1. The second kappa shape index (κ2) is 27.2. The van der Waals surface area contributed by atoms with Crippen molar-refractivity contribution in [1.82, 2.24) is 36.4 Å². The van der Waals surface area contributed by atoms with Gasteiger partial charge in [0.15, 0.2) is 0 Å². The van der Waals surface area contributed by atoms with Crippen LogP contribution >= 0.6 is 0 Å². The Bertz CT molecular complexity index is 1910. The number of carboxylic acids is 1. The number of cyclic esters (lactones) is 1. The summed E-state index contributed by atoms with van der Waals surface area (Å²) in [6.45, 7) is 10.3. The minimum atomic E-state index is -1.78. The fraction of sp³-hybridized carbons (Fsp3) is 0.681. The number of nitrogens with one attached hydrogen (secondary N) is 5. The van der Waals surface area contributed by atoms with Crippen LogP contribution in [0.15, 0.2) is 24.3 Å². The van der Waals surface area contributed by atoms with Crippen molar-refractivity contribution in [2.45, 2.75) is 180 Å². The average Bonchev–Trinajstić information content (AvgIpc) is 3.27. The number of carbonyl (C=O) groups is 9. The Morgan fingerprint density at radius 1 is 0.868 bits per heavy atom. The summed E-state index contributed by atoms with van der Waals surface area (Å²) >= 11 is 0. The molecule has 10 N–H and O–H groups in total. The highest BCUT2D eigenvalue weighted by Crippen LogP contribution is 2.26. The number of aliphatic carboxylic acids is 1. The number of carboxylic acid groups (broad SMARTS) is 1. The van der Waals surface area contributed by atoms with Crippen LogP contribution in [0.2, 0.25) is 0 Å². The molecule has 68 heavy (non-hydrogen) atoms. The van der Waals surface area contributed by atoms with Crippen molar-refractivity contribution in [1.29, 1.82) is 0 Å². The Morgan fingerprint density at radius 2 is 1.54 bits per heavy atom. The number of nitrogens with zero attached hydrogens (tertiary/aromatic N) is 2. The molecule has 3 rings (SSSR count). The van der Waals surface area contributed by atoms with Crippen molar-refractivity contribution in [3.05, 3.63) is 29.8 Å². The molecule has 9 atom stereocenters. The Morgan fingerprint density at radius 3 is 2.15 bits per heavy atom. The molecule has 2 aliphatic rings. The first-order chi connectivity index (χ1) is 32.1. The number of aliphatic hydroxyl groups excluding tert-OH is 1. The van der Waals surface area contributed by atoms with Crippen LogP contribution in [-0.4, -0.2) is 147 Å². The third-order valence-electron chi connectivity index (χ3n) is 12.2. The smallest absolute Gasteiger partial charge is 0.329 e. The number of rotatable bonds is 19. The van der Waals surface area contributed by atoms with Crippen LogP contribution in [0.5, 0.6) is 5.75 Å². The average molecular weight is 959 g/mol. The lowest BCUT2D eigenvalue weighted by atomic mass is 9.94. The molecule has 3 unspecified atom stereocenters. The zero-order valence-electron chi connectivity index (χ0n) is 40.5. The Hall–Kier alpha value is -5.83. The van der Waals surface area contributed by atoms with Gasteiger partial charge in [-0.3, -0.25) is 38.4 Å². The number of fused-ring (bicyclic) bond motifs is 2. The first kappa shape index (κ1) is 56.5. The molecular weight excluding hydrogens is 885 g/mol. The number of hydrogen-bond acceptors (Lipinski definition) is 13. The van der Waals surface area contributed by atoms with Gasteiger partial charge in [0.2, 0.25) is 41.4 Å². The van der Waals surface area contributed by atoms with E-state index in [-0.39, 0.29) is 63.2 Å². The first-order valence-electron chi connectivity index (χ1n) is 23.8. The van der Waals surface area contributed by atoms with Gasteiger partial charge in [-0.15, -0.1) is 0 Å². The molecule has 2 fully saturated rings. The number of phenolic OH excluding ortho intramolecular Hbond substituents is 1. The minimum absolute atomic E-state index is 0.00492. The highest BCUT2D eigenvalue weighted by Gasteiger charge is 2.46. The maximum absolute atomic E-state index is 14.8. The van der Waals surface area contributed by atoms with Gasteiger partial charge in [0, 0.05) is 26.3 Å². The number of esters is 1. The number of unbranched alkanes of at least 4 members (excludes halogenated alkanes) is 3. The summed E-state index contributed by atoms with van der Waals surface area (Å²) in [5.74, 6) is -8.90. The molecule has 1 aromatic carbocycles. The fourth-order valence-electron chi connectivity index (χ4n) is 8.19. The lowest BCUT2D eigenvalue weighted by molar-refractivity contribution is -0.166. The Kier molecular flexibility index (Phi) is 22.6. The standard InChI is InChI=1S/C47H74N8O13/c1-8-9-10-14-36(57)49-32(20-22-38(59)60)42(62)53-40-28(6)68-47(67)39(27(4)5)52-43(63)34(25-29-15-17-30(56)18-16-29)54(7)46(66)35(24-26(2)3)55-37(58)21-19-33(45(55)65)51-41(61)31(50-44(40)64)13-11-12-23-48/h15-18,26-28,31-35,37,39-40,56,58H,8-14,19-25,48H2,1-7H3,(H,49,57)(H,50,64)(H,51,61)(H,52,63)(H,53,62)(H,59,60)/t28-,31-,32-,33?,34?,35-,37?,39-,40+/m0/s1. The minimum Gasteiger partial charge on any atom is -0.508 e. The van der Waals surface area contributed by atoms with Gasteiger partial charge in [-0.25, -0.2) is 4.79 Å². The van der Waals surface area contributed by atoms with Crippen LogP contribution in [0.25, 0.3) is 0 Å². The number of amides is 7. The fourth-order valence-corrected chi connectivity index (χ4v) is 8.19. The summed E-state index contributed by atoms with van der Waals surface area (Å²) in [5.41, 5.74) is 6.27. The second-order valence-electron chi connectivity index (χ2n) is 18.6. The number of likely N-dealkylation sites (N-methyl/N-ethyl adjacent to an activating group) is 1. The van der Waals surface area contributed by atoms with Crippen molar-refractivity contribution in [2.24, 2.45) is 17.6 Å². The van der Waals surface area contributed by atoms with Crippen molar-refractivity contribution in [3.63, 3.8) is 0 Å². The molecule has 2 saturated heterocycles. The van der Waals surface area contributed by atoms with Gasteiger partial charge in [0.1, 0.15) is 60.4 Å². The lowest BCUT2D eigenvalue weighted by Gasteiger charge is -2.43. The maximum atomic E-state index is 14.8. The zero-order chi connectivity index (χ0) is 50.8. The summed E-state index contributed by atoms with van der Waals surface area (Å²) in [7, 11) is 1.36. The van der Waals surface area contributed by atoms with Gasteiger partial charge < -0.3 is 62.2 Å². The first-order valence-corrected chi connectivity index (χ1v) is 23.8. The summed E-state index contributed by atoms with van der Waals surface area (Å²) in [4.78, 5) is 127. The normalized spacial score (nSPS) is 25.0. The third kappa shape index (κ3) is 16.7. The van der Waals surface area contributed by atoms with E-state index in [1.165, 1.54) is 26.1 Å². The number of hydrogen-bond donors (Lipinski definition) is 9. The Labute approximate surface area is 398 Å². The van der Waals surface area contributed by atoms with E-state index in [4.69, 9.17) is 10.5 Å². The van der Waals surface area contributed by atoms with Crippen LogP contribution < -0.4 is 32.3 Å². The summed E-state index contributed by atoms with van der Waals surface area (Å²) in [5, 5.41) is 43.9. The quantitative estimate of drug-likeness (QED) is 0.0682. The van der Waals surface area contributed by atoms with Gasteiger partial charge in [0.25, 0.3) is 0 Å². The second-order valence-corrected chi connectivity index (χ2v) is 18.6. The van der Waals surface area contributed by atoms with Crippen LogP contribution in [0.4, 0.5) is 0 Å². The molecule has 21 heteroatoms. The van der Waals surface area contributed by atoms with Crippen molar-refractivity contribution < 1.29 is 63.2 Å². The van der Waals surface area contributed by atoms with Gasteiger partial charge >= 0.3 is 11.9 Å². The molecule has 0 radical (unpaired) electrons. The van der Waals surface area contributed by atoms with E-state index in [2.05, 4.69) is 26.6 Å². The summed E-state index contributed by atoms with van der Waals surface area (Å²) in [6, 6.07) is -4.06. The van der Waals surface area contributed by atoms with Crippen molar-refractivity contribution in [3.8, 4) is 5.75 Å². The highest BCUT2D eigenvalue weighted by molar-refractivity contribution is 5.98. The molecule has 0 aliphatic carbocycles. The molecule has 0 saturated carbocycles. The van der Waals surface area contributed by atoms with Gasteiger partial charge in [-0.1, -0.05) is 59.6 Å². The molecule has 0 aromatic heterocycles. The summed E-state index contributed by atoms with van der Waals surface area (Å²) < 4.78 is 5.85.